The van der Waals surface area contributed by atoms with Crippen molar-refractivity contribution in [3.63, 3.8) is 0 Å². The molecule has 5 aliphatic rings. The van der Waals surface area contributed by atoms with Crippen LogP contribution < -0.4 is 4.90 Å². The molecule has 7 rings (SSSR count). The van der Waals surface area contributed by atoms with Crippen molar-refractivity contribution in [2.24, 2.45) is 10.9 Å². The van der Waals surface area contributed by atoms with E-state index in [0.29, 0.717) is 35.2 Å². The van der Waals surface area contributed by atoms with Crippen LogP contribution in [0.4, 0.5) is 10.1 Å². The Balaban J connectivity index is 1.20. The lowest BCUT2D eigenvalue weighted by Gasteiger charge is -2.36. The van der Waals surface area contributed by atoms with Crippen LogP contribution in [-0.2, 0) is 11.2 Å². The van der Waals surface area contributed by atoms with E-state index in [0.717, 1.165) is 43.5 Å². The zero-order chi connectivity index (χ0) is 28.2. The molecule has 0 unspecified atom stereocenters. The highest BCUT2D eigenvalue weighted by atomic mass is 19.1. The molecular weight excluding hydrogens is 519 g/mol. The number of hydrogen-bond donors (Lipinski definition) is 2. The van der Waals surface area contributed by atoms with Crippen LogP contribution in [0, 0.1) is 11.7 Å². The minimum Gasteiger partial charge on any atom is -0.389 e. The largest absolute Gasteiger partial charge is 0.389 e. The summed E-state index contributed by atoms with van der Waals surface area (Å²) in [5.41, 5.74) is 5.90. The van der Waals surface area contributed by atoms with Gasteiger partial charge in [-0.25, -0.2) is 9.38 Å². The number of nitrogens with zero attached hydrogens (tertiary/aromatic N) is 4. The van der Waals surface area contributed by atoms with Gasteiger partial charge in [0.2, 0.25) is 0 Å². The van der Waals surface area contributed by atoms with E-state index in [1.165, 1.54) is 17.2 Å². The lowest BCUT2D eigenvalue weighted by atomic mass is 9.93. The Kier molecular flexibility index (Phi) is 6.55. The highest BCUT2D eigenvalue weighted by Gasteiger charge is 2.37. The summed E-state index contributed by atoms with van der Waals surface area (Å²) >= 11 is 0. The quantitative estimate of drug-likeness (QED) is 0.593. The van der Waals surface area contributed by atoms with Gasteiger partial charge in [-0.15, -0.1) is 0 Å². The fourth-order valence-corrected chi connectivity index (χ4v) is 6.59. The summed E-state index contributed by atoms with van der Waals surface area (Å²) in [5, 5.41) is 19.8. The van der Waals surface area contributed by atoms with E-state index in [1.54, 1.807) is 11.0 Å². The van der Waals surface area contributed by atoms with Gasteiger partial charge < -0.3 is 24.9 Å². The molecule has 2 N–H and O–H groups in total. The fourth-order valence-electron chi connectivity index (χ4n) is 6.59. The molecule has 7 nitrogen and oxygen atoms in total. The molecule has 4 heterocycles. The van der Waals surface area contributed by atoms with E-state index in [9.17, 15) is 15.0 Å². The number of aliphatic imine (C=N–C) groups is 1. The Morgan fingerprint density at radius 3 is 2.56 bits per heavy atom. The first-order valence-corrected chi connectivity index (χ1v) is 14.7. The molecule has 41 heavy (non-hydrogen) atoms. The maximum absolute atomic E-state index is 15.5. The molecule has 2 aromatic rings. The molecule has 0 bridgehead atoms. The predicted octanol–water partition coefficient (Wildman–Crippen LogP) is 4.19. The average molecular weight is 555 g/mol. The molecule has 2 aromatic carbocycles. The zero-order valence-corrected chi connectivity index (χ0v) is 23.2. The van der Waals surface area contributed by atoms with Gasteiger partial charge in [0.15, 0.2) is 0 Å². The van der Waals surface area contributed by atoms with Crippen LogP contribution in [0.15, 0.2) is 77.2 Å². The van der Waals surface area contributed by atoms with Crippen LogP contribution in [-0.4, -0.2) is 70.0 Å². The first-order valence-electron chi connectivity index (χ1n) is 14.7. The summed E-state index contributed by atoms with van der Waals surface area (Å²) in [7, 11) is 0. The first kappa shape index (κ1) is 26.2. The number of carbonyl (C=O) groups excluding carboxylic acids is 1. The standard InChI is InChI=1S/C33H35FN4O3/c1-20-25-7-3-2-5-21(25)12-14-37(20)33(41)28-17-29(22-8-9-22)38-13-4-6-23(15-32(38)35-28)26-11-10-24(16-27(26)34)36-18-30(39)31(40)19-36/h2-3,5-7,10-11,15-17,20,22,30-31,39-40H,4,8-9,12-14,18-19H2,1H3/t20-,30+,31+/m1/s1. The van der Waals surface area contributed by atoms with Gasteiger partial charge in [-0.3, -0.25) is 4.79 Å². The Morgan fingerprint density at radius 1 is 1.02 bits per heavy atom. The Hall–Kier alpha value is -3.75. The Bertz CT molecular complexity index is 1510. The number of benzene rings is 2. The second-order valence-corrected chi connectivity index (χ2v) is 11.8. The molecular formula is C33H35FN4O3. The van der Waals surface area contributed by atoms with E-state index in [-0.39, 0.29) is 30.9 Å². The maximum Gasteiger partial charge on any atom is 0.273 e. The number of fused-ring (bicyclic) bond motifs is 2. The summed E-state index contributed by atoms with van der Waals surface area (Å²) in [6.45, 7) is 3.99. The molecule has 1 aliphatic carbocycles. The summed E-state index contributed by atoms with van der Waals surface area (Å²) in [6, 6.07) is 13.3. The molecule has 4 aliphatic heterocycles. The molecule has 0 radical (unpaired) electrons. The highest BCUT2D eigenvalue weighted by molar-refractivity contribution is 6.44. The molecule has 1 saturated heterocycles. The first-order chi connectivity index (χ1) is 19.9. The molecule has 2 fully saturated rings. The number of hydrogen-bond acceptors (Lipinski definition) is 6. The van der Waals surface area contributed by atoms with Crippen molar-refractivity contribution in [1.29, 1.82) is 0 Å². The number of β-amino-alcohol motifs (C(OH)–C–C–N with tert-alkyl or cyclic N) is 2. The normalized spacial score (nSPS) is 26.0. The predicted molar refractivity (Wildman–Crippen MR) is 157 cm³/mol. The second-order valence-electron chi connectivity index (χ2n) is 11.8. The Labute approximate surface area is 239 Å². The van der Waals surface area contributed by atoms with E-state index >= 15 is 4.39 Å². The van der Waals surface area contributed by atoms with Gasteiger partial charge >= 0.3 is 0 Å². The number of anilines is 1. The molecule has 0 aromatic heterocycles. The molecule has 3 atom stereocenters. The molecule has 212 valence electrons. The third kappa shape index (κ3) is 4.79. The minimum atomic E-state index is -0.838. The van der Waals surface area contributed by atoms with Crippen molar-refractivity contribution < 1.29 is 19.4 Å². The second kappa shape index (κ2) is 10.3. The van der Waals surface area contributed by atoms with Crippen molar-refractivity contribution in [3.05, 3.63) is 94.7 Å². The van der Waals surface area contributed by atoms with Crippen LogP contribution in [0.2, 0.25) is 0 Å². The van der Waals surface area contributed by atoms with Crippen LogP contribution >= 0.6 is 0 Å². The summed E-state index contributed by atoms with van der Waals surface area (Å²) in [5.74, 6) is 0.663. The van der Waals surface area contributed by atoms with Crippen LogP contribution in [0.3, 0.4) is 0 Å². The smallest absolute Gasteiger partial charge is 0.273 e. The minimum absolute atomic E-state index is 0.0324. The molecule has 8 heteroatoms. The topological polar surface area (TPSA) is 79.6 Å². The van der Waals surface area contributed by atoms with Crippen LogP contribution in [0.5, 0.6) is 0 Å². The Morgan fingerprint density at radius 2 is 1.80 bits per heavy atom. The molecule has 0 spiro atoms. The highest BCUT2D eigenvalue weighted by Crippen LogP contribution is 2.43. The van der Waals surface area contributed by atoms with Gasteiger partial charge in [-0.2, -0.15) is 0 Å². The van der Waals surface area contributed by atoms with E-state index in [2.05, 4.69) is 30.0 Å². The lowest BCUT2D eigenvalue weighted by Crippen LogP contribution is -2.43. The summed E-state index contributed by atoms with van der Waals surface area (Å²) in [6.07, 6.45) is 8.01. The SMILES string of the molecule is C[C@@H]1c2ccccc2CCN1C(=O)C1=NC2=CC(c3ccc(N4C[C@H](O)[C@@H](O)C4)cc3F)=CCCN2C(C2CC2)=C1. The van der Waals surface area contributed by atoms with Crippen LogP contribution in [0.1, 0.15) is 48.9 Å². The van der Waals surface area contributed by atoms with E-state index in [4.69, 9.17) is 4.99 Å². The number of aliphatic hydroxyl groups excluding tert-OH is 2. The van der Waals surface area contributed by atoms with Gasteiger partial charge in [-0.05, 0) is 85.6 Å². The van der Waals surface area contributed by atoms with Crippen molar-refractivity contribution >= 4 is 22.9 Å². The third-order valence-electron chi connectivity index (χ3n) is 9.07. The van der Waals surface area contributed by atoms with Crippen molar-refractivity contribution in [3.8, 4) is 0 Å². The molecule has 1 saturated carbocycles. The van der Waals surface area contributed by atoms with Gasteiger partial charge in [0.05, 0.1) is 18.2 Å². The number of aliphatic hydroxyl groups is 2. The summed E-state index contributed by atoms with van der Waals surface area (Å²) < 4.78 is 15.5. The number of halogens is 1. The van der Waals surface area contributed by atoms with Crippen molar-refractivity contribution in [1.82, 2.24) is 9.80 Å². The van der Waals surface area contributed by atoms with Gasteiger partial charge in [-0.1, -0.05) is 30.3 Å². The third-order valence-corrected chi connectivity index (χ3v) is 9.07. The van der Waals surface area contributed by atoms with Crippen molar-refractivity contribution in [2.75, 3.05) is 31.1 Å². The van der Waals surface area contributed by atoms with Gasteiger partial charge in [0.1, 0.15) is 17.3 Å². The summed E-state index contributed by atoms with van der Waals surface area (Å²) in [4.78, 5) is 24.7. The fraction of sp³-hybridized carbons (Fsp3) is 0.394. The van der Waals surface area contributed by atoms with E-state index < -0.39 is 12.2 Å². The van der Waals surface area contributed by atoms with Gasteiger partial charge in [0.25, 0.3) is 5.91 Å². The van der Waals surface area contributed by atoms with Crippen LogP contribution in [0.25, 0.3) is 5.57 Å². The molecule has 1 amide bonds. The van der Waals surface area contributed by atoms with Gasteiger partial charge in [0, 0.05) is 43.1 Å². The monoisotopic (exact) mass is 554 g/mol. The van der Waals surface area contributed by atoms with E-state index in [1.807, 2.05) is 35.3 Å². The number of rotatable bonds is 4. The number of allylic oxidation sites excluding steroid dienone is 3. The lowest BCUT2D eigenvalue weighted by molar-refractivity contribution is -0.126. The number of amides is 1. The van der Waals surface area contributed by atoms with Crippen molar-refractivity contribution in [2.45, 2.75) is 50.9 Å². The number of carbonyl (C=O) groups is 1. The zero-order valence-electron chi connectivity index (χ0n) is 23.2. The maximum atomic E-state index is 15.5. The average Bonchev–Trinajstić information content (AvgIpc) is 3.79.